The van der Waals surface area contributed by atoms with Crippen molar-refractivity contribution >= 4 is 49.5 Å². The van der Waals surface area contributed by atoms with Crippen molar-refractivity contribution in [2.24, 2.45) is 0 Å². The summed E-state index contributed by atoms with van der Waals surface area (Å²) in [7, 11) is -2.83. The van der Waals surface area contributed by atoms with E-state index in [0.717, 1.165) is 36.5 Å². The Morgan fingerprint density at radius 2 is 1.32 bits per heavy atom. The molecule has 192 valence electrons. The predicted molar refractivity (Wildman–Crippen MR) is 161 cm³/mol. The van der Waals surface area contributed by atoms with Crippen LogP contribution in [0.3, 0.4) is 0 Å². The highest BCUT2D eigenvalue weighted by Gasteiger charge is 2.40. The molecular weight excluding hydrogens is 582 g/mol. The van der Waals surface area contributed by atoms with Gasteiger partial charge in [-0.2, -0.15) is 11.8 Å². The molecule has 0 aliphatic heterocycles. The molecule has 0 aliphatic rings. The number of rotatable bonds is 9. The van der Waals surface area contributed by atoms with Gasteiger partial charge >= 0.3 is 0 Å². The molecule has 4 rings (SSSR count). The van der Waals surface area contributed by atoms with Crippen LogP contribution in [0.4, 0.5) is 0 Å². The van der Waals surface area contributed by atoms with Crippen molar-refractivity contribution in [3.63, 3.8) is 0 Å². The SMILES string of the molecule is CS[C@H](c1ccccc1S(=O)c1ccc(C)cc1)[C@@](C)(NS(=O)c1ccc(C)cc1)c1ccc(Br)cc1. The summed E-state index contributed by atoms with van der Waals surface area (Å²) >= 11 is 5.20. The first-order valence-corrected chi connectivity index (χ1v) is 16.2. The van der Waals surface area contributed by atoms with Crippen molar-refractivity contribution in [1.29, 1.82) is 0 Å². The average molecular weight is 613 g/mol. The molecule has 4 aromatic carbocycles. The Balaban J connectivity index is 1.82. The molecule has 0 heterocycles. The van der Waals surface area contributed by atoms with Crippen LogP contribution in [0.1, 0.15) is 34.4 Å². The lowest BCUT2D eigenvalue weighted by molar-refractivity contribution is 0.431. The molecule has 2 unspecified atom stereocenters. The van der Waals surface area contributed by atoms with Crippen LogP contribution in [0.2, 0.25) is 0 Å². The van der Waals surface area contributed by atoms with Gasteiger partial charge in [-0.1, -0.05) is 81.7 Å². The van der Waals surface area contributed by atoms with Crippen LogP contribution in [0.15, 0.2) is 116 Å². The standard InChI is InChI=1S/C30H30BrNO2S3/c1-21-9-17-25(18-10-21)36(33)28-8-6-5-7-27(28)29(35-4)30(3,23-13-15-24(31)16-14-23)32-37(34)26-19-11-22(2)12-20-26/h5-20,29,32H,1-4H3/t29-,30+,36?,37?/m1/s1. The van der Waals surface area contributed by atoms with E-state index in [1.54, 1.807) is 11.8 Å². The normalized spacial score (nSPS) is 15.5. The molecule has 3 nitrogen and oxygen atoms in total. The highest BCUT2D eigenvalue weighted by Crippen LogP contribution is 2.46. The van der Waals surface area contributed by atoms with E-state index >= 15 is 0 Å². The van der Waals surface area contributed by atoms with E-state index in [0.29, 0.717) is 4.90 Å². The van der Waals surface area contributed by atoms with Crippen molar-refractivity contribution in [2.75, 3.05) is 6.26 Å². The minimum absolute atomic E-state index is 0.186. The number of thioether (sulfide) groups is 1. The summed E-state index contributed by atoms with van der Waals surface area (Å²) in [5.41, 5.74) is 3.44. The van der Waals surface area contributed by atoms with Crippen LogP contribution in [0, 0.1) is 13.8 Å². The lowest BCUT2D eigenvalue weighted by atomic mass is 9.86. The Labute approximate surface area is 237 Å². The number of nitrogens with one attached hydrogen (secondary N) is 1. The Morgan fingerprint density at radius 1 is 0.784 bits per heavy atom. The summed E-state index contributed by atoms with van der Waals surface area (Å²) in [4.78, 5) is 2.24. The average Bonchev–Trinajstić information content (AvgIpc) is 2.90. The van der Waals surface area contributed by atoms with Gasteiger partial charge in [-0.15, -0.1) is 0 Å². The molecule has 0 saturated heterocycles. The number of benzene rings is 4. The Bertz CT molecular complexity index is 1410. The van der Waals surface area contributed by atoms with Crippen molar-refractivity contribution in [2.45, 2.75) is 46.2 Å². The van der Waals surface area contributed by atoms with Gasteiger partial charge < -0.3 is 0 Å². The second-order valence-electron chi connectivity index (χ2n) is 9.13. The maximum absolute atomic E-state index is 13.8. The molecule has 0 aliphatic carbocycles. The minimum atomic E-state index is -1.47. The van der Waals surface area contributed by atoms with E-state index < -0.39 is 27.3 Å². The van der Waals surface area contributed by atoms with Gasteiger partial charge in [0.05, 0.1) is 26.5 Å². The lowest BCUT2D eigenvalue weighted by Crippen LogP contribution is -2.45. The van der Waals surface area contributed by atoms with E-state index in [4.69, 9.17) is 0 Å². The zero-order chi connectivity index (χ0) is 26.6. The first-order chi connectivity index (χ1) is 17.7. The van der Waals surface area contributed by atoms with Crippen molar-refractivity contribution in [3.05, 3.63) is 124 Å². The maximum Gasteiger partial charge on any atom is 0.125 e. The van der Waals surface area contributed by atoms with Gasteiger partial charge in [0, 0.05) is 14.3 Å². The van der Waals surface area contributed by atoms with Gasteiger partial charge in [-0.05, 0) is 80.6 Å². The topological polar surface area (TPSA) is 46.2 Å². The Morgan fingerprint density at radius 3 is 1.89 bits per heavy atom. The summed E-state index contributed by atoms with van der Waals surface area (Å²) in [6, 6.07) is 31.5. The molecule has 0 amide bonds. The van der Waals surface area contributed by atoms with Gasteiger partial charge in [0.2, 0.25) is 0 Å². The van der Waals surface area contributed by atoms with Crippen LogP contribution in [-0.2, 0) is 27.3 Å². The molecule has 7 heteroatoms. The largest absolute Gasteiger partial charge is 0.249 e. The summed E-state index contributed by atoms with van der Waals surface area (Å²) in [5.74, 6) is 0. The molecular formula is C30H30BrNO2S3. The summed E-state index contributed by atoms with van der Waals surface area (Å²) in [5, 5.41) is -0.186. The second-order valence-corrected chi connectivity index (χ2v) is 13.6. The van der Waals surface area contributed by atoms with Gasteiger partial charge in [-0.3, -0.25) is 0 Å². The molecule has 4 aromatic rings. The molecule has 0 radical (unpaired) electrons. The summed E-state index contributed by atoms with van der Waals surface area (Å²) in [6.07, 6.45) is 2.05. The molecule has 1 N–H and O–H groups in total. The highest BCUT2D eigenvalue weighted by atomic mass is 79.9. The molecule has 0 saturated carbocycles. The monoisotopic (exact) mass is 611 g/mol. The zero-order valence-corrected chi connectivity index (χ0v) is 25.3. The van der Waals surface area contributed by atoms with E-state index in [1.165, 1.54) is 0 Å². The van der Waals surface area contributed by atoms with Crippen LogP contribution in [-0.4, -0.2) is 14.7 Å². The third-order valence-electron chi connectivity index (χ3n) is 6.38. The highest BCUT2D eigenvalue weighted by molar-refractivity contribution is 9.10. The maximum atomic E-state index is 13.8. The fraction of sp³-hybridized carbons (Fsp3) is 0.200. The van der Waals surface area contributed by atoms with Gasteiger partial charge in [0.15, 0.2) is 0 Å². The summed E-state index contributed by atoms with van der Waals surface area (Å²) in [6.45, 7) is 6.11. The number of hydrogen-bond donors (Lipinski definition) is 1. The van der Waals surface area contributed by atoms with Crippen LogP contribution >= 0.6 is 27.7 Å². The molecule has 37 heavy (non-hydrogen) atoms. The summed E-state index contributed by atoms with van der Waals surface area (Å²) < 4.78 is 31.9. The Hall–Kier alpha value is -2.03. The van der Waals surface area contributed by atoms with Crippen LogP contribution in [0.25, 0.3) is 0 Å². The first-order valence-electron chi connectivity index (χ1n) is 11.9. The fourth-order valence-corrected chi connectivity index (χ4v) is 8.20. The van der Waals surface area contributed by atoms with Gasteiger partial charge in [-0.25, -0.2) is 13.1 Å². The number of hydrogen-bond acceptors (Lipinski definition) is 3. The van der Waals surface area contributed by atoms with E-state index in [1.807, 2.05) is 117 Å². The van der Waals surface area contributed by atoms with Gasteiger partial charge in [0.1, 0.15) is 11.0 Å². The zero-order valence-electron chi connectivity index (χ0n) is 21.2. The number of halogens is 1. The minimum Gasteiger partial charge on any atom is -0.249 e. The van der Waals surface area contributed by atoms with E-state index in [-0.39, 0.29) is 5.25 Å². The van der Waals surface area contributed by atoms with Gasteiger partial charge in [0.25, 0.3) is 0 Å². The quantitative estimate of drug-likeness (QED) is 0.209. The van der Waals surface area contributed by atoms with Crippen molar-refractivity contribution < 1.29 is 8.42 Å². The molecule has 0 spiro atoms. The van der Waals surface area contributed by atoms with Crippen molar-refractivity contribution in [3.8, 4) is 0 Å². The third-order valence-corrected chi connectivity index (χ3v) is 10.9. The van der Waals surface area contributed by atoms with E-state index in [9.17, 15) is 8.42 Å². The second kappa shape index (κ2) is 12.2. The molecule has 4 atom stereocenters. The Kier molecular flexibility index (Phi) is 9.24. The van der Waals surface area contributed by atoms with Crippen LogP contribution in [0.5, 0.6) is 0 Å². The smallest absolute Gasteiger partial charge is 0.125 e. The third kappa shape index (κ3) is 6.35. The fourth-order valence-electron chi connectivity index (χ4n) is 4.30. The molecule has 0 bridgehead atoms. The lowest BCUT2D eigenvalue weighted by Gasteiger charge is -2.39. The molecule has 0 aromatic heterocycles. The predicted octanol–water partition coefficient (Wildman–Crippen LogP) is 7.86. The van der Waals surface area contributed by atoms with Crippen LogP contribution < -0.4 is 4.72 Å². The first kappa shape index (κ1) is 28.0. The van der Waals surface area contributed by atoms with E-state index in [2.05, 4.69) is 27.6 Å². The molecule has 0 fully saturated rings. The number of aryl methyl sites for hydroxylation is 2. The van der Waals surface area contributed by atoms with Crippen molar-refractivity contribution in [1.82, 2.24) is 4.72 Å².